The van der Waals surface area contributed by atoms with E-state index in [1.165, 1.54) is 6.42 Å². The summed E-state index contributed by atoms with van der Waals surface area (Å²) in [5.41, 5.74) is 3.08. The molecular formula is C32H38N2O4. The Morgan fingerprint density at radius 1 is 0.895 bits per heavy atom. The van der Waals surface area contributed by atoms with Crippen LogP contribution in [0.15, 0.2) is 78.9 Å². The lowest BCUT2D eigenvalue weighted by molar-refractivity contribution is -0.143. The molecule has 1 unspecified atom stereocenters. The summed E-state index contributed by atoms with van der Waals surface area (Å²) in [7, 11) is 1.57. The molecule has 38 heavy (non-hydrogen) atoms. The summed E-state index contributed by atoms with van der Waals surface area (Å²) in [5.74, 6) is 0.683. The quantitative estimate of drug-likeness (QED) is 0.368. The van der Waals surface area contributed by atoms with Gasteiger partial charge in [-0.25, -0.2) is 0 Å². The smallest absolute Gasteiger partial charge is 0.261 e. The summed E-state index contributed by atoms with van der Waals surface area (Å²) in [6.07, 6.45) is 5.82. The van der Waals surface area contributed by atoms with Crippen LogP contribution in [0.25, 0.3) is 0 Å². The molecule has 0 heterocycles. The van der Waals surface area contributed by atoms with E-state index in [0.29, 0.717) is 24.5 Å². The molecule has 0 spiro atoms. The number of hydrogen-bond acceptors (Lipinski definition) is 4. The van der Waals surface area contributed by atoms with Crippen LogP contribution in [-0.4, -0.2) is 42.5 Å². The minimum Gasteiger partial charge on any atom is -0.493 e. The van der Waals surface area contributed by atoms with E-state index in [9.17, 15) is 9.59 Å². The molecule has 0 aromatic heterocycles. The maximum absolute atomic E-state index is 13.8. The van der Waals surface area contributed by atoms with Crippen molar-refractivity contribution in [3.05, 3.63) is 95.6 Å². The molecule has 1 aliphatic carbocycles. The summed E-state index contributed by atoms with van der Waals surface area (Å²) in [6, 6.07) is 24.7. The second-order valence-electron chi connectivity index (χ2n) is 10.00. The average molecular weight is 515 g/mol. The van der Waals surface area contributed by atoms with Gasteiger partial charge in [0, 0.05) is 19.0 Å². The van der Waals surface area contributed by atoms with Gasteiger partial charge in [-0.1, -0.05) is 91.6 Å². The monoisotopic (exact) mass is 514 g/mol. The van der Waals surface area contributed by atoms with E-state index in [2.05, 4.69) is 11.4 Å². The van der Waals surface area contributed by atoms with Gasteiger partial charge in [0.15, 0.2) is 18.1 Å². The minimum absolute atomic E-state index is 0.112. The van der Waals surface area contributed by atoms with E-state index in [-0.39, 0.29) is 24.5 Å². The van der Waals surface area contributed by atoms with Crippen LogP contribution in [0.3, 0.4) is 0 Å². The Labute approximate surface area is 226 Å². The fraction of sp³-hybridized carbons (Fsp3) is 0.375. The fourth-order valence-electron chi connectivity index (χ4n) is 5.07. The zero-order valence-electron chi connectivity index (χ0n) is 22.4. The van der Waals surface area contributed by atoms with Crippen LogP contribution < -0.4 is 14.8 Å². The predicted molar refractivity (Wildman–Crippen MR) is 149 cm³/mol. The Kier molecular flexibility index (Phi) is 9.79. The van der Waals surface area contributed by atoms with Crippen molar-refractivity contribution in [2.24, 2.45) is 0 Å². The van der Waals surface area contributed by atoms with Crippen LogP contribution in [-0.2, 0) is 22.6 Å². The van der Waals surface area contributed by atoms with Crippen LogP contribution in [0.4, 0.5) is 0 Å². The van der Waals surface area contributed by atoms with Gasteiger partial charge >= 0.3 is 0 Å². The predicted octanol–water partition coefficient (Wildman–Crippen LogP) is 5.47. The Balaban J connectivity index is 1.62. The molecule has 3 aromatic rings. The lowest BCUT2D eigenvalue weighted by Gasteiger charge is -2.33. The molecule has 6 heteroatoms. The van der Waals surface area contributed by atoms with E-state index >= 15 is 0 Å². The summed E-state index contributed by atoms with van der Waals surface area (Å²) in [5, 5.41) is 3.27. The van der Waals surface area contributed by atoms with Crippen LogP contribution >= 0.6 is 0 Å². The molecule has 1 aliphatic rings. The number of amides is 2. The van der Waals surface area contributed by atoms with Gasteiger partial charge in [0.25, 0.3) is 5.91 Å². The second kappa shape index (κ2) is 13.7. The number of rotatable bonds is 11. The van der Waals surface area contributed by atoms with Gasteiger partial charge in [-0.05, 0) is 43.0 Å². The molecule has 1 fully saturated rings. The standard InChI is InChI=1S/C32H38N2O4/c1-24-12-11-15-26(20-24)22-34(31(35)23-38-30-19-10-9-18-29(30)37-2)28(21-25-13-5-3-6-14-25)32(36)33-27-16-7-4-8-17-27/h3,5-6,9-15,18-20,27-28H,4,7-8,16-17,21-23H2,1-2H3,(H,33,36). The van der Waals surface area contributed by atoms with Gasteiger partial charge in [0.2, 0.25) is 5.91 Å². The van der Waals surface area contributed by atoms with Crippen molar-refractivity contribution >= 4 is 11.8 Å². The highest BCUT2D eigenvalue weighted by atomic mass is 16.5. The molecule has 2 amide bonds. The number of para-hydroxylation sites is 2. The molecule has 1 saturated carbocycles. The average Bonchev–Trinajstić information content (AvgIpc) is 2.95. The van der Waals surface area contributed by atoms with Crippen molar-refractivity contribution in [3.63, 3.8) is 0 Å². The van der Waals surface area contributed by atoms with Crippen molar-refractivity contribution in [3.8, 4) is 11.5 Å². The van der Waals surface area contributed by atoms with Crippen molar-refractivity contribution < 1.29 is 19.1 Å². The van der Waals surface area contributed by atoms with Crippen LogP contribution in [0.5, 0.6) is 11.5 Å². The molecule has 0 bridgehead atoms. The Morgan fingerprint density at radius 2 is 1.58 bits per heavy atom. The third kappa shape index (κ3) is 7.60. The summed E-state index contributed by atoms with van der Waals surface area (Å²) >= 11 is 0. The van der Waals surface area contributed by atoms with E-state index in [4.69, 9.17) is 9.47 Å². The number of ether oxygens (including phenoxy) is 2. The number of benzene rings is 3. The van der Waals surface area contributed by atoms with Gasteiger partial charge in [-0.2, -0.15) is 0 Å². The maximum Gasteiger partial charge on any atom is 0.261 e. The van der Waals surface area contributed by atoms with Gasteiger partial charge in [0.05, 0.1) is 7.11 Å². The molecule has 0 radical (unpaired) electrons. The third-order valence-electron chi connectivity index (χ3n) is 7.08. The number of methoxy groups -OCH3 is 1. The molecular weight excluding hydrogens is 476 g/mol. The molecule has 0 saturated heterocycles. The number of hydrogen-bond donors (Lipinski definition) is 1. The molecule has 1 N–H and O–H groups in total. The molecule has 4 rings (SSSR count). The van der Waals surface area contributed by atoms with Crippen molar-refractivity contribution in [2.75, 3.05) is 13.7 Å². The fourth-order valence-corrected chi connectivity index (χ4v) is 5.07. The number of carbonyl (C=O) groups is 2. The van der Waals surface area contributed by atoms with Crippen LogP contribution in [0.1, 0.15) is 48.8 Å². The maximum atomic E-state index is 13.8. The second-order valence-corrected chi connectivity index (χ2v) is 10.00. The molecule has 0 aliphatic heterocycles. The van der Waals surface area contributed by atoms with Crippen molar-refractivity contribution in [2.45, 2.75) is 64.1 Å². The lowest BCUT2D eigenvalue weighted by atomic mass is 9.94. The topological polar surface area (TPSA) is 67.9 Å². The van der Waals surface area contributed by atoms with Crippen LogP contribution in [0.2, 0.25) is 0 Å². The van der Waals surface area contributed by atoms with Gasteiger partial charge in [0.1, 0.15) is 6.04 Å². The van der Waals surface area contributed by atoms with E-state index in [1.807, 2.05) is 67.6 Å². The Hall–Kier alpha value is -3.80. The number of aryl methyl sites for hydroxylation is 1. The molecule has 1 atom stereocenters. The normalized spacial score (nSPS) is 14.4. The Morgan fingerprint density at radius 3 is 2.29 bits per heavy atom. The molecule has 3 aromatic carbocycles. The first-order chi connectivity index (χ1) is 18.5. The summed E-state index contributed by atoms with van der Waals surface area (Å²) in [6.45, 7) is 2.14. The zero-order valence-corrected chi connectivity index (χ0v) is 22.4. The summed E-state index contributed by atoms with van der Waals surface area (Å²) < 4.78 is 11.3. The Bertz CT molecular complexity index is 1190. The van der Waals surface area contributed by atoms with Gasteiger partial charge < -0.3 is 19.7 Å². The third-order valence-corrected chi connectivity index (χ3v) is 7.08. The van der Waals surface area contributed by atoms with Crippen LogP contribution in [0, 0.1) is 6.92 Å². The van der Waals surface area contributed by atoms with Gasteiger partial charge in [-0.15, -0.1) is 0 Å². The number of nitrogens with one attached hydrogen (secondary N) is 1. The lowest BCUT2D eigenvalue weighted by Crippen LogP contribution is -2.53. The minimum atomic E-state index is -0.673. The first kappa shape index (κ1) is 27.2. The van der Waals surface area contributed by atoms with Crippen molar-refractivity contribution in [1.29, 1.82) is 0 Å². The number of carbonyl (C=O) groups excluding carboxylic acids is 2. The highest BCUT2D eigenvalue weighted by molar-refractivity contribution is 5.88. The van der Waals surface area contributed by atoms with Crippen molar-refractivity contribution in [1.82, 2.24) is 10.2 Å². The highest BCUT2D eigenvalue weighted by Gasteiger charge is 2.32. The van der Waals surface area contributed by atoms with E-state index < -0.39 is 6.04 Å². The summed E-state index contributed by atoms with van der Waals surface area (Å²) in [4.78, 5) is 29.3. The van der Waals surface area contributed by atoms with E-state index in [0.717, 1.165) is 42.4 Å². The molecule has 200 valence electrons. The van der Waals surface area contributed by atoms with E-state index in [1.54, 1.807) is 24.1 Å². The SMILES string of the molecule is COc1ccccc1OCC(=O)N(Cc1cccc(C)c1)C(Cc1ccccc1)C(=O)NC1CCCCC1. The molecule has 6 nitrogen and oxygen atoms in total. The van der Waals surface area contributed by atoms with Gasteiger partial charge in [-0.3, -0.25) is 9.59 Å². The first-order valence-corrected chi connectivity index (χ1v) is 13.5. The highest BCUT2D eigenvalue weighted by Crippen LogP contribution is 2.26. The largest absolute Gasteiger partial charge is 0.493 e. The zero-order chi connectivity index (χ0) is 26.7. The first-order valence-electron chi connectivity index (χ1n) is 13.5. The number of nitrogens with zero attached hydrogens (tertiary/aromatic N) is 1.